The lowest BCUT2D eigenvalue weighted by molar-refractivity contribution is -0.118. The molecule has 2 N–H and O–H groups in total. The van der Waals surface area contributed by atoms with E-state index in [0.717, 1.165) is 26.1 Å². The van der Waals surface area contributed by atoms with Crippen LogP contribution in [-0.4, -0.2) is 26.5 Å². The molecule has 2 aromatic heterocycles. The van der Waals surface area contributed by atoms with Gasteiger partial charge in [-0.15, -0.1) is 0 Å². The standard InChI is InChI=1S/C21H26N4O/c1-2-18-20-8-5-10-23(20)12-13-25(18)15-16-14-24(11-9-21(22)26)19-7-4-3-6-17(16)19/h3-8,10,14,18H,2,9,11-13,15H2,1H3,(H2,22,26). The lowest BCUT2D eigenvalue weighted by Gasteiger charge is -2.36. The second-order valence-corrected chi connectivity index (χ2v) is 7.10. The number of amides is 1. The number of primary amides is 1. The van der Waals surface area contributed by atoms with Crippen LogP contribution in [0.5, 0.6) is 0 Å². The van der Waals surface area contributed by atoms with Gasteiger partial charge in [0.2, 0.25) is 5.91 Å². The SMILES string of the molecule is CCC1c2cccn2CCN1Cc1cn(CCC(N)=O)c2ccccc12. The fourth-order valence-corrected chi connectivity index (χ4v) is 4.25. The van der Waals surface area contributed by atoms with Crippen LogP contribution in [0.25, 0.3) is 10.9 Å². The molecule has 1 unspecified atom stereocenters. The summed E-state index contributed by atoms with van der Waals surface area (Å²) in [5.74, 6) is -0.257. The first-order chi connectivity index (χ1) is 12.7. The summed E-state index contributed by atoms with van der Waals surface area (Å²) in [7, 11) is 0. The second-order valence-electron chi connectivity index (χ2n) is 7.10. The summed E-state index contributed by atoms with van der Waals surface area (Å²) >= 11 is 0. The minimum atomic E-state index is -0.257. The van der Waals surface area contributed by atoms with Crippen molar-refractivity contribution in [3.05, 3.63) is 60.0 Å². The molecule has 0 aliphatic carbocycles. The molecule has 0 spiro atoms. The predicted octanol–water partition coefficient (Wildman–Crippen LogP) is 3.29. The molecule has 136 valence electrons. The quantitative estimate of drug-likeness (QED) is 0.742. The highest BCUT2D eigenvalue weighted by atomic mass is 16.1. The average Bonchev–Trinajstić information content (AvgIpc) is 3.25. The minimum absolute atomic E-state index is 0.257. The molecule has 5 heteroatoms. The maximum atomic E-state index is 11.2. The molecule has 3 heterocycles. The molecular formula is C21H26N4O. The Labute approximate surface area is 154 Å². The van der Waals surface area contributed by atoms with Gasteiger partial charge < -0.3 is 14.9 Å². The maximum absolute atomic E-state index is 11.2. The van der Waals surface area contributed by atoms with E-state index in [9.17, 15) is 4.79 Å². The third-order valence-electron chi connectivity index (χ3n) is 5.51. The van der Waals surface area contributed by atoms with Crippen molar-refractivity contribution in [3.8, 4) is 0 Å². The third-order valence-corrected chi connectivity index (χ3v) is 5.51. The van der Waals surface area contributed by atoms with Crippen LogP contribution in [0.4, 0.5) is 0 Å². The van der Waals surface area contributed by atoms with Crippen molar-refractivity contribution in [1.29, 1.82) is 0 Å². The van der Waals surface area contributed by atoms with Crippen molar-refractivity contribution in [3.63, 3.8) is 0 Å². The molecule has 0 radical (unpaired) electrons. The highest BCUT2D eigenvalue weighted by Gasteiger charge is 2.26. The summed E-state index contributed by atoms with van der Waals surface area (Å²) in [5, 5.41) is 1.27. The smallest absolute Gasteiger partial charge is 0.219 e. The number of aromatic nitrogens is 2. The second kappa shape index (κ2) is 7.00. The van der Waals surface area contributed by atoms with Gasteiger partial charge >= 0.3 is 0 Å². The van der Waals surface area contributed by atoms with Gasteiger partial charge in [0.05, 0.1) is 6.04 Å². The third kappa shape index (κ3) is 3.03. The summed E-state index contributed by atoms with van der Waals surface area (Å²) in [6.07, 6.45) is 5.86. The first-order valence-corrected chi connectivity index (χ1v) is 9.41. The van der Waals surface area contributed by atoms with Crippen LogP contribution in [-0.2, 0) is 24.4 Å². The summed E-state index contributed by atoms with van der Waals surface area (Å²) in [5.41, 5.74) is 9.26. The van der Waals surface area contributed by atoms with Crippen molar-refractivity contribution < 1.29 is 4.79 Å². The molecule has 0 fully saturated rings. The van der Waals surface area contributed by atoms with Gasteiger partial charge in [-0.05, 0) is 30.2 Å². The highest BCUT2D eigenvalue weighted by Crippen LogP contribution is 2.32. The topological polar surface area (TPSA) is 56.2 Å². The highest BCUT2D eigenvalue weighted by molar-refractivity contribution is 5.84. The van der Waals surface area contributed by atoms with Crippen LogP contribution in [0, 0.1) is 0 Å². The molecule has 0 saturated heterocycles. The lowest BCUT2D eigenvalue weighted by Crippen LogP contribution is -2.37. The number of fused-ring (bicyclic) bond motifs is 2. The molecule has 1 aliphatic rings. The monoisotopic (exact) mass is 350 g/mol. The van der Waals surface area contributed by atoms with E-state index in [1.54, 1.807) is 0 Å². The molecule has 4 rings (SSSR count). The zero-order chi connectivity index (χ0) is 18.1. The fraction of sp³-hybridized carbons (Fsp3) is 0.381. The van der Waals surface area contributed by atoms with E-state index in [-0.39, 0.29) is 5.91 Å². The van der Waals surface area contributed by atoms with Crippen LogP contribution in [0.2, 0.25) is 0 Å². The van der Waals surface area contributed by atoms with Crippen molar-refractivity contribution >= 4 is 16.8 Å². The van der Waals surface area contributed by atoms with Crippen LogP contribution >= 0.6 is 0 Å². The van der Waals surface area contributed by atoms with Gasteiger partial charge in [-0.25, -0.2) is 0 Å². The van der Waals surface area contributed by atoms with Crippen LogP contribution in [0.15, 0.2) is 48.8 Å². The molecule has 1 aliphatic heterocycles. The van der Waals surface area contributed by atoms with Gasteiger partial charge in [0.25, 0.3) is 0 Å². The van der Waals surface area contributed by atoms with E-state index < -0.39 is 0 Å². The number of hydrogen-bond donors (Lipinski definition) is 1. The molecule has 5 nitrogen and oxygen atoms in total. The van der Waals surface area contributed by atoms with Crippen molar-refractivity contribution in [1.82, 2.24) is 14.0 Å². The molecule has 3 aromatic rings. The number of benzene rings is 1. The van der Waals surface area contributed by atoms with Crippen LogP contribution in [0.3, 0.4) is 0 Å². The summed E-state index contributed by atoms with van der Waals surface area (Å²) in [6, 6.07) is 13.3. The molecule has 26 heavy (non-hydrogen) atoms. The molecular weight excluding hydrogens is 324 g/mol. The van der Waals surface area contributed by atoms with E-state index >= 15 is 0 Å². The van der Waals surface area contributed by atoms with Gasteiger partial charge in [-0.1, -0.05) is 25.1 Å². The van der Waals surface area contributed by atoms with E-state index in [1.165, 1.54) is 22.2 Å². The minimum Gasteiger partial charge on any atom is -0.370 e. The van der Waals surface area contributed by atoms with E-state index in [4.69, 9.17) is 5.73 Å². The number of nitrogens with two attached hydrogens (primary N) is 1. The molecule has 0 bridgehead atoms. The number of para-hydroxylation sites is 1. The summed E-state index contributed by atoms with van der Waals surface area (Å²) < 4.78 is 4.55. The van der Waals surface area contributed by atoms with Gasteiger partial charge in [0, 0.05) is 61.6 Å². The van der Waals surface area contributed by atoms with E-state index in [2.05, 4.69) is 69.7 Å². The summed E-state index contributed by atoms with van der Waals surface area (Å²) in [4.78, 5) is 13.8. The number of aryl methyl sites for hydroxylation is 1. The van der Waals surface area contributed by atoms with Crippen molar-refractivity contribution in [2.75, 3.05) is 6.54 Å². The fourth-order valence-electron chi connectivity index (χ4n) is 4.25. The largest absolute Gasteiger partial charge is 0.370 e. The first-order valence-electron chi connectivity index (χ1n) is 9.41. The number of rotatable bonds is 6. The number of carbonyl (C=O) groups is 1. The molecule has 1 aromatic carbocycles. The van der Waals surface area contributed by atoms with Crippen LogP contribution in [0.1, 0.15) is 37.1 Å². The molecule has 1 atom stereocenters. The van der Waals surface area contributed by atoms with Gasteiger partial charge in [-0.2, -0.15) is 0 Å². The average molecular weight is 350 g/mol. The number of nitrogens with zero attached hydrogens (tertiary/aromatic N) is 3. The first kappa shape index (κ1) is 16.9. The Hall–Kier alpha value is -2.53. The lowest BCUT2D eigenvalue weighted by atomic mass is 10.1. The van der Waals surface area contributed by atoms with Gasteiger partial charge in [0.1, 0.15) is 0 Å². The molecule has 0 saturated carbocycles. The van der Waals surface area contributed by atoms with Crippen molar-refractivity contribution in [2.45, 2.75) is 45.4 Å². The zero-order valence-corrected chi connectivity index (χ0v) is 15.3. The predicted molar refractivity (Wildman–Crippen MR) is 104 cm³/mol. The Kier molecular flexibility index (Phi) is 4.55. The Bertz CT molecular complexity index is 923. The maximum Gasteiger partial charge on any atom is 0.219 e. The van der Waals surface area contributed by atoms with Crippen LogP contribution < -0.4 is 5.73 Å². The van der Waals surface area contributed by atoms with E-state index in [0.29, 0.717) is 19.0 Å². The Morgan fingerprint density at radius 2 is 2.04 bits per heavy atom. The molecule has 1 amide bonds. The normalized spacial score (nSPS) is 17.5. The Morgan fingerprint density at radius 3 is 2.85 bits per heavy atom. The van der Waals surface area contributed by atoms with E-state index in [1.807, 2.05) is 0 Å². The van der Waals surface area contributed by atoms with Gasteiger partial charge in [-0.3, -0.25) is 9.69 Å². The summed E-state index contributed by atoms with van der Waals surface area (Å²) in [6.45, 7) is 5.92. The number of carbonyl (C=O) groups excluding carboxylic acids is 1. The Morgan fingerprint density at radius 1 is 1.19 bits per heavy atom. The Balaban J connectivity index is 1.64. The van der Waals surface area contributed by atoms with Gasteiger partial charge in [0.15, 0.2) is 0 Å². The van der Waals surface area contributed by atoms with Crippen molar-refractivity contribution in [2.24, 2.45) is 5.73 Å². The number of hydrogen-bond acceptors (Lipinski definition) is 2. The zero-order valence-electron chi connectivity index (χ0n) is 15.3.